The highest BCUT2D eigenvalue weighted by Crippen LogP contribution is 2.18. The minimum absolute atomic E-state index is 0.0232. The number of nitriles is 1. The average Bonchev–Trinajstić information content (AvgIpc) is 3.15. The standard InChI is InChI=1S/C14H15N7O3S/c15-9-12-1-3-13(4-2-12)25(23,24)21-7-5-19(6-8-21)14(22)10-20-11-16-17-18-20/h1-4,11H,5-8,10H2. The maximum Gasteiger partial charge on any atom is 0.244 e. The largest absolute Gasteiger partial charge is 0.338 e. The lowest BCUT2D eigenvalue weighted by Crippen LogP contribution is -2.51. The summed E-state index contributed by atoms with van der Waals surface area (Å²) in [5.74, 6) is -0.164. The summed E-state index contributed by atoms with van der Waals surface area (Å²) in [7, 11) is -3.64. The third kappa shape index (κ3) is 3.65. The third-order valence-electron chi connectivity index (χ3n) is 3.90. The lowest BCUT2D eigenvalue weighted by molar-refractivity contribution is -0.133. The second kappa shape index (κ2) is 6.96. The van der Waals surface area contributed by atoms with E-state index in [0.29, 0.717) is 18.7 Å². The molecule has 1 aromatic heterocycles. The molecule has 0 aliphatic carbocycles. The Kier molecular flexibility index (Phi) is 4.73. The SMILES string of the molecule is N#Cc1ccc(S(=O)(=O)N2CCN(C(=O)Cn3cnnn3)CC2)cc1. The maximum absolute atomic E-state index is 12.6. The van der Waals surface area contributed by atoms with Crippen LogP contribution in [-0.4, -0.2) is 69.9 Å². The van der Waals surface area contributed by atoms with E-state index in [-0.39, 0.29) is 30.4 Å². The Labute approximate surface area is 144 Å². The van der Waals surface area contributed by atoms with Crippen molar-refractivity contribution >= 4 is 15.9 Å². The number of sulfonamides is 1. The van der Waals surface area contributed by atoms with Gasteiger partial charge in [0.1, 0.15) is 12.9 Å². The van der Waals surface area contributed by atoms with E-state index in [2.05, 4.69) is 15.5 Å². The van der Waals surface area contributed by atoms with E-state index in [4.69, 9.17) is 5.26 Å². The lowest BCUT2D eigenvalue weighted by atomic mass is 10.2. The number of amides is 1. The fourth-order valence-corrected chi connectivity index (χ4v) is 3.94. The van der Waals surface area contributed by atoms with Crippen LogP contribution in [0.1, 0.15) is 5.56 Å². The van der Waals surface area contributed by atoms with Gasteiger partial charge in [-0.1, -0.05) is 0 Å². The van der Waals surface area contributed by atoms with Crippen LogP contribution in [0, 0.1) is 11.3 Å². The molecule has 1 fully saturated rings. The number of piperazine rings is 1. The highest BCUT2D eigenvalue weighted by Gasteiger charge is 2.30. The lowest BCUT2D eigenvalue weighted by Gasteiger charge is -2.34. The van der Waals surface area contributed by atoms with Gasteiger partial charge in [-0.2, -0.15) is 9.57 Å². The van der Waals surface area contributed by atoms with Gasteiger partial charge < -0.3 is 4.90 Å². The molecular formula is C14H15N7O3S. The first-order chi connectivity index (χ1) is 12.0. The maximum atomic E-state index is 12.6. The predicted octanol–water partition coefficient (Wildman–Crippen LogP) is -0.922. The molecule has 10 nitrogen and oxygen atoms in total. The van der Waals surface area contributed by atoms with Crippen LogP contribution < -0.4 is 0 Å². The number of carbonyl (C=O) groups is 1. The fraction of sp³-hybridized carbons (Fsp3) is 0.357. The van der Waals surface area contributed by atoms with E-state index in [1.54, 1.807) is 4.90 Å². The van der Waals surface area contributed by atoms with Crippen LogP contribution in [0.3, 0.4) is 0 Å². The molecule has 0 radical (unpaired) electrons. The zero-order chi connectivity index (χ0) is 17.9. The quantitative estimate of drug-likeness (QED) is 0.689. The van der Waals surface area contributed by atoms with E-state index in [9.17, 15) is 13.2 Å². The Balaban J connectivity index is 1.62. The molecule has 0 atom stereocenters. The van der Waals surface area contributed by atoms with Gasteiger partial charge in [0, 0.05) is 26.2 Å². The topological polar surface area (TPSA) is 125 Å². The molecule has 2 heterocycles. The van der Waals surface area contributed by atoms with Crippen LogP contribution in [0.25, 0.3) is 0 Å². The Morgan fingerprint density at radius 2 is 1.84 bits per heavy atom. The van der Waals surface area contributed by atoms with Crippen LogP contribution in [0.4, 0.5) is 0 Å². The molecule has 1 aliphatic rings. The monoisotopic (exact) mass is 361 g/mol. The minimum atomic E-state index is -3.64. The number of carbonyl (C=O) groups excluding carboxylic acids is 1. The molecule has 1 saturated heterocycles. The van der Waals surface area contributed by atoms with Gasteiger partial charge in [-0.25, -0.2) is 13.1 Å². The minimum Gasteiger partial charge on any atom is -0.338 e. The summed E-state index contributed by atoms with van der Waals surface area (Å²) in [6.07, 6.45) is 1.35. The molecule has 1 amide bonds. The highest BCUT2D eigenvalue weighted by atomic mass is 32.2. The molecule has 1 aliphatic heterocycles. The fourth-order valence-electron chi connectivity index (χ4n) is 2.52. The molecule has 0 spiro atoms. The molecule has 1 aromatic carbocycles. The molecule has 0 unspecified atom stereocenters. The Morgan fingerprint density at radius 3 is 2.40 bits per heavy atom. The van der Waals surface area contributed by atoms with Crippen LogP contribution >= 0.6 is 0 Å². The molecule has 0 saturated carbocycles. The van der Waals surface area contributed by atoms with Crippen molar-refractivity contribution in [1.29, 1.82) is 5.26 Å². The van der Waals surface area contributed by atoms with Crippen molar-refractivity contribution < 1.29 is 13.2 Å². The van der Waals surface area contributed by atoms with Crippen molar-refractivity contribution in [2.45, 2.75) is 11.4 Å². The van der Waals surface area contributed by atoms with Crippen molar-refractivity contribution in [1.82, 2.24) is 29.4 Å². The van der Waals surface area contributed by atoms with Crippen molar-refractivity contribution in [3.63, 3.8) is 0 Å². The number of nitrogens with zero attached hydrogens (tertiary/aromatic N) is 7. The number of aromatic nitrogens is 4. The summed E-state index contributed by atoms with van der Waals surface area (Å²) in [6.45, 7) is 1.05. The average molecular weight is 361 g/mol. The van der Waals surface area contributed by atoms with Crippen LogP contribution in [0.5, 0.6) is 0 Å². The molecule has 2 aromatic rings. The molecule has 3 rings (SSSR count). The van der Waals surface area contributed by atoms with Crippen molar-refractivity contribution in [3.05, 3.63) is 36.2 Å². The molecule has 25 heavy (non-hydrogen) atoms. The summed E-state index contributed by atoms with van der Waals surface area (Å²) in [6, 6.07) is 7.73. The van der Waals surface area contributed by atoms with Crippen molar-refractivity contribution in [2.24, 2.45) is 0 Å². The van der Waals surface area contributed by atoms with Crippen LogP contribution in [-0.2, 0) is 21.4 Å². The summed E-state index contributed by atoms with van der Waals surface area (Å²) in [5.41, 5.74) is 0.400. The molecule has 11 heteroatoms. The van der Waals surface area contributed by atoms with Gasteiger partial charge in [-0.3, -0.25) is 4.79 Å². The first-order valence-electron chi connectivity index (χ1n) is 7.49. The highest BCUT2D eigenvalue weighted by molar-refractivity contribution is 7.89. The van der Waals surface area contributed by atoms with Gasteiger partial charge in [-0.15, -0.1) is 5.10 Å². The Morgan fingerprint density at radius 1 is 1.16 bits per heavy atom. The van der Waals surface area contributed by atoms with Gasteiger partial charge in [0.2, 0.25) is 15.9 Å². The first kappa shape index (κ1) is 17.0. The molecule has 130 valence electrons. The third-order valence-corrected chi connectivity index (χ3v) is 5.81. The van der Waals surface area contributed by atoms with Crippen LogP contribution in [0.2, 0.25) is 0 Å². The number of tetrazole rings is 1. The van der Waals surface area contributed by atoms with Gasteiger partial charge >= 0.3 is 0 Å². The van der Waals surface area contributed by atoms with Gasteiger partial charge in [0.05, 0.1) is 16.5 Å². The number of rotatable bonds is 4. The second-order valence-electron chi connectivity index (χ2n) is 5.43. The van der Waals surface area contributed by atoms with Crippen LogP contribution in [0.15, 0.2) is 35.5 Å². The van der Waals surface area contributed by atoms with E-state index in [1.807, 2.05) is 6.07 Å². The van der Waals surface area contributed by atoms with E-state index < -0.39 is 10.0 Å². The van der Waals surface area contributed by atoms with E-state index in [1.165, 1.54) is 39.6 Å². The second-order valence-corrected chi connectivity index (χ2v) is 7.37. The predicted molar refractivity (Wildman–Crippen MR) is 84.3 cm³/mol. The van der Waals surface area contributed by atoms with Gasteiger partial charge in [0.15, 0.2) is 0 Å². The number of benzene rings is 1. The summed E-state index contributed by atoms with van der Waals surface area (Å²) < 4.78 is 27.9. The smallest absolute Gasteiger partial charge is 0.244 e. The normalized spacial score (nSPS) is 15.7. The molecular weight excluding hydrogens is 346 g/mol. The molecule has 0 N–H and O–H groups in total. The number of hydrogen-bond acceptors (Lipinski definition) is 7. The summed E-state index contributed by atoms with van der Waals surface area (Å²) in [5, 5.41) is 19.4. The van der Waals surface area contributed by atoms with Gasteiger partial charge in [0.25, 0.3) is 0 Å². The zero-order valence-corrected chi connectivity index (χ0v) is 14.0. The zero-order valence-electron chi connectivity index (χ0n) is 13.2. The van der Waals surface area contributed by atoms with Crippen molar-refractivity contribution in [3.8, 4) is 6.07 Å². The van der Waals surface area contributed by atoms with E-state index in [0.717, 1.165) is 0 Å². The van der Waals surface area contributed by atoms with E-state index >= 15 is 0 Å². The molecule has 0 bridgehead atoms. The number of hydrogen-bond donors (Lipinski definition) is 0. The van der Waals surface area contributed by atoms with Gasteiger partial charge in [-0.05, 0) is 34.7 Å². The Bertz CT molecular complexity index is 880. The first-order valence-corrected chi connectivity index (χ1v) is 8.93. The summed E-state index contributed by atoms with van der Waals surface area (Å²) >= 11 is 0. The Hall–Kier alpha value is -2.84. The van der Waals surface area contributed by atoms with Crippen molar-refractivity contribution in [2.75, 3.05) is 26.2 Å². The summed E-state index contributed by atoms with van der Waals surface area (Å²) in [4.78, 5) is 13.9.